The highest BCUT2D eigenvalue weighted by Crippen LogP contribution is 2.08. The summed E-state index contributed by atoms with van der Waals surface area (Å²) in [6, 6.07) is 3.59. The largest absolute Gasteiger partial charge is 0.394 e. The molecule has 1 unspecified atom stereocenters. The van der Waals surface area contributed by atoms with Crippen LogP contribution in [0.4, 0.5) is 4.39 Å². The van der Waals surface area contributed by atoms with Crippen molar-refractivity contribution in [1.29, 1.82) is 0 Å². The van der Waals surface area contributed by atoms with Gasteiger partial charge in [0.2, 0.25) is 0 Å². The lowest BCUT2D eigenvalue weighted by atomic mass is 10.1. The predicted molar refractivity (Wildman–Crippen MR) is 61.4 cm³/mol. The van der Waals surface area contributed by atoms with E-state index in [-0.39, 0.29) is 18.8 Å². The van der Waals surface area contributed by atoms with E-state index in [0.717, 1.165) is 6.07 Å². The lowest BCUT2D eigenvalue weighted by molar-refractivity contribution is 0.0839. The Morgan fingerprint density at radius 1 is 1.53 bits per heavy atom. The Morgan fingerprint density at radius 3 is 2.76 bits per heavy atom. The summed E-state index contributed by atoms with van der Waals surface area (Å²) in [5.41, 5.74) is 0.902. The van der Waals surface area contributed by atoms with E-state index in [0.29, 0.717) is 5.56 Å². The number of aryl methyl sites for hydroxylation is 1. The summed E-state index contributed by atoms with van der Waals surface area (Å²) >= 11 is 0. The molecule has 0 spiro atoms. The van der Waals surface area contributed by atoms with Crippen molar-refractivity contribution in [3.8, 4) is 0 Å². The number of carbonyl (C=O) groups excluding carboxylic acids is 1. The van der Waals surface area contributed by atoms with Gasteiger partial charge >= 0.3 is 0 Å². The molecular weight excluding hydrogens is 225 g/mol. The quantitative estimate of drug-likeness (QED) is 0.804. The molecule has 0 saturated carbocycles. The molecule has 1 atom stereocenters. The van der Waals surface area contributed by atoms with E-state index >= 15 is 0 Å². The van der Waals surface area contributed by atoms with Gasteiger partial charge in [-0.05, 0) is 30.7 Å². The molecule has 1 aromatic carbocycles. The van der Waals surface area contributed by atoms with Crippen LogP contribution in [0.3, 0.4) is 0 Å². The fraction of sp³-hybridized carbons (Fsp3) is 0.417. The molecule has 1 rings (SSSR count). The summed E-state index contributed by atoms with van der Waals surface area (Å²) in [5, 5.41) is 11.6. The van der Waals surface area contributed by atoms with Crippen molar-refractivity contribution in [3.63, 3.8) is 0 Å². The number of halogens is 1. The zero-order valence-corrected chi connectivity index (χ0v) is 9.87. The number of benzene rings is 1. The van der Waals surface area contributed by atoms with Gasteiger partial charge in [-0.1, -0.05) is 0 Å². The molecule has 0 saturated heterocycles. The van der Waals surface area contributed by atoms with Crippen LogP contribution in [0.2, 0.25) is 0 Å². The first kappa shape index (κ1) is 13.6. The number of hydrogen-bond donors (Lipinski definition) is 2. The topological polar surface area (TPSA) is 58.6 Å². The molecule has 1 amide bonds. The van der Waals surface area contributed by atoms with Crippen LogP contribution in [0.5, 0.6) is 0 Å². The fourth-order valence-electron chi connectivity index (χ4n) is 1.48. The minimum atomic E-state index is -0.490. The third-order valence-corrected chi connectivity index (χ3v) is 2.23. The number of aliphatic hydroxyl groups is 1. The second-order valence-electron chi connectivity index (χ2n) is 3.83. The van der Waals surface area contributed by atoms with Crippen molar-refractivity contribution < 1.29 is 19.0 Å². The molecule has 0 heterocycles. The van der Waals surface area contributed by atoms with Crippen LogP contribution in [0.1, 0.15) is 15.9 Å². The summed E-state index contributed by atoms with van der Waals surface area (Å²) in [6.07, 6.45) is 0. The van der Waals surface area contributed by atoms with Gasteiger partial charge in [-0.2, -0.15) is 0 Å². The lowest BCUT2D eigenvalue weighted by Gasteiger charge is -2.15. The second kappa shape index (κ2) is 6.32. The zero-order valence-electron chi connectivity index (χ0n) is 9.87. The average molecular weight is 241 g/mol. The van der Waals surface area contributed by atoms with Gasteiger partial charge in [0.05, 0.1) is 19.3 Å². The third-order valence-electron chi connectivity index (χ3n) is 2.23. The van der Waals surface area contributed by atoms with E-state index in [1.165, 1.54) is 13.2 Å². The summed E-state index contributed by atoms with van der Waals surface area (Å²) in [7, 11) is 1.47. The van der Waals surface area contributed by atoms with E-state index < -0.39 is 17.8 Å². The summed E-state index contributed by atoms with van der Waals surface area (Å²) in [4.78, 5) is 11.7. The first-order chi connectivity index (χ1) is 8.06. The van der Waals surface area contributed by atoms with Gasteiger partial charge < -0.3 is 15.2 Å². The molecule has 0 bridgehead atoms. The monoisotopic (exact) mass is 241 g/mol. The molecule has 2 N–H and O–H groups in total. The molecule has 1 aromatic rings. The van der Waals surface area contributed by atoms with Gasteiger partial charge in [-0.3, -0.25) is 4.79 Å². The van der Waals surface area contributed by atoms with Crippen molar-refractivity contribution in [2.45, 2.75) is 13.0 Å². The Hall–Kier alpha value is -1.46. The molecule has 0 aliphatic rings. The van der Waals surface area contributed by atoms with E-state index in [2.05, 4.69) is 5.32 Å². The highest BCUT2D eigenvalue weighted by Gasteiger charge is 2.13. The molecular formula is C12H16FNO3. The predicted octanol–water partition coefficient (Wildman–Crippen LogP) is 0.871. The molecule has 5 heteroatoms. The van der Waals surface area contributed by atoms with Crippen LogP contribution < -0.4 is 5.32 Å². The van der Waals surface area contributed by atoms with Crippen LogP contribution in [0.15, 0.2) is 18.2 Å². The molecule has 17 heavy (non-hydrogen) atoms. The lowest BCUT2D eigenvalue weighted by Crippen LogP contribution is -2.40. The molecule has 0 fully saturated rings. The first-order valence-electron chi connectivity index (χ1n) is 5.24. The maximum Gasteiger partial charge on any atom is 0.251 e. The van der Waals surface area contributed by atoms with Crippen LogP contribution >= 0.6 is 0 Å². The van der Waals surface area contributed by atoms with Crippen molar-refractivity contribution in [1.82, 2.24) is 5.32 Å². The number of aliphatic hydroxyl groups excluding tert-OH is 1. The highest BCUT2D eigenvalue weighted by atomic mass is 19.1. The minimum absolute atomic E-state index is 0.205. The van der Waals surface area contributed by atoms with Gasteiger partial charge in [0.15, 0.2) is 0 Å². The first-order valence-corrected chi connectivity index (χ1v) is 5.24. The highest BCUT2D eigenvalue weighted by molar-refractivity contribution is 5.94. The third kappa shape index (κ3) is 4.13. The number of rotatable bonds is 5. The maximum atomic E-state index is 13.1. The average Bonchev–Trinajstić information content (AvgIpc) is 2.27. The number of carbonyl (C=O) groups is 1. The van der Waals surface area contributed by atoms with Crippen molar-refractivity contribution in [2.24, 2.45) is 0 Å². The Kier molecular flexibility index (Phi) is 5.06. The van der Waals surface area contributed by atoms with Crippen LogP contribution in [0.25, 0.3) is 0 Å². The number of methoxy groups -OCH3 is 1. The standard InChI is InChI=1S/C12H16FNO3/c1-8-3-9(5-10(13)4-8)12(16)14-11(6-15)7-17-2/h3-5,11,15H,6-7H2,1-2H3,(H,14,16). The molecule has 0 radical (unpaired) electrons. The molecule has 94 valence electrons. The van der Waals surface area contributed by atoms with Crippen LogP contribution in [-0.2, 0) is 4.74 Å². The normalized spacial score (nSPS) is 12.2. The summed E-state index contributed by atoms with van der Waals surface area (Å²) in [5.74, 6) is -0.883. The minimum Gasteiger partial charge on any atom is -0.394 e. The maximum absolute atomic E-state index is 13.1. The van der Waals surface area contributed by atoms with Gasteiger partial charge in [-0.25, -0.2) is 4.39 Å². The van der Waals surface area contributed by atoms with Gasteiger partial charge in [-0.15, -0.1) is 0 Å². The van der Waals surface area contributed by atoms with E-state index in [1.54, 1.807) is 13.0 Å². The van der Waals surface area contributed by atoms with Crippen LogP contribution in [0, 0.1) is 12.7 Å². The van der Waals surface area contributed by atoms with Gasteiger partial charge in [0.25, 0.3) is 5.91 Å². The Bertz CT molecular complexity index is 375. The van der Waals surface area contributed by atoms with Crippen molar-refractivity contribution >= 4 is 5.91 Å². The zero-order chi connectivity index (χ0) is 12.8. The van der Waals surface area contributed by atoms with Gasteiger partial charge in [0.1, 0.15) is 5.82 Å². The van der Waals surface area contributed by atoms with E-state index in [1.807, 2.05) is 0 Å². The smallest absolute Gasteiger partial charge is 0.251 e. The molecule has 0 aliphatic carbocycles. The Labute approximate surface area is 99.4 Å². The molecule has 0 aliphatic heterocycles. The number of hydrogen-bond acceptors (Lipinski definition) is 3. The van der Waals surface area contributed by atoms with Crippen molar-refractivity contribution in [3.05, 3.63) is 35.1 Å². The summed E-state index contributed by atoms with van der Waals surface area (Å²) < 4.78 is 17.9. The van der Waals surface area contributed by atoms with Crippen LogP contribution in [-0.4, -0.2) is 37.4 Å². The second-order valence-corrected chi connectivity index (χ2v) is 3.83. The molecule has 0 aromatic heterocycles. The number of ether oxygens (including phenoxy) is 1. The summed E-state index contributed by atoms with van der Waals surface area (Å²) in [6.45, 7) is 1.68. The Morgan fingerprint density at radius 2 is 2.24 bits per heavy atom. The SMILES string of the molecule is COCC(CO)NC(=O)c1cc(C)cc(F)c1. The molecule has 4 nitrogen and oxygen atoms in total. The van der Waals surface area contributed by atoms with E-state index in [4.69, 9.17) is 9.84 Å². The van der Waals surface area contributed by atoms with Crippen molar-refractivity contribution in [2.75, 3.05) is 20.3 Å². The Balaban J connectivity index is 2.75. The number of nitrogens with one attached hydrogen (secondary N) is 1. The number of amides is 1. The van der Waals surface area contributed by atoms with E-state index in [9.17, 15) is 9.18 Å². The fourth-order valence-corrected chi connectivity index (χ4v) is 1.48. The van der Waals surface area contributed by atoms with Gasteiger partial charge in [0, 0.05) is 12.7 Å².